The first-order valence-electron chi connectivity index (χ1n) is 11.0. The number of rotatable bonds is 4. The van der Waals surface area contributed by atoms with Gasteiger partial charge in [0.05, 0.1) is 29.5 Å². The van der Waals surface area contributed by atoms with Gasteiger partial charge in [0.1, 0.15) is 17.2 Å². The fraction of sp³-hybridized carbons (Fsp3) is 0.160. The summed E-state index contributed by atoms with van der Waals surface area (Å²) in [6.45, 7) is -0.487. The first-order chi connectivity index (χ1) is 17.9. The molecule has 1 unspecified atom stereocenters. The van der Waals surface area contributed by atoms with Gasteiger partial charge < -0.3 is 15.7 Å². The molecular weight excluding hydrogens is 535 g/mol. The molecule has 1 aromatic heterocycles. The van der Waals surface area contributed by atoms with Crippen LogP contribution in [-0.2, 0) is 19.8 Å². The predicted octanol–water partition coefficient (Wildman–Crippen LogP) is 5.10. The lowest BCUT2D eigenvalue weighted by Crippen LogP contribution is -2.21. The van der Waals surface area contributed by atoms with Crippen LogP contribution in [0, 0.1) is 11.6 Å². The summed E-state index contributed by atoms with van der Waals surface area (Å²) in [6, 6.07) is 5.19. The maximum atomic E-state index is 14.1. The molecule has 1 atom stereocenters. The summed E-state index contributed by atoms with van der Waals surface area (Å²) >= 11 is 6.29. The first-order valence-corrected chi connectivity index (χ1v) is 11.3. The molecule has 0 saturated heterocycles. The Labute approximate surface area is 215 Å². The molecule has 13 heteroatoms. The number of carbonyl (C=O) groups is 2. The smallest absolute Gasteiger partial charge is 0.390 e. The number of aliphatic hydroxyl groups is 1. The lowest BCUT2D eigenvalue weighted by Gasteiger charge is -2.18. The average Bonchev–Trinajstić information content (AvgIpc) is 3.35. The van der Waals surface area contributed by atoms with Gasteiger partial charge in [0.2, 0.25) is 0 Å². The van der Waals surface area contributed by atoms with Crippen LogP contribution in [0.1, 0.15) is 49.1 Å². The molecule has 2 heterocycles. The van der Waals surface area contributed by atoms with Crippen LogP contribution in [0.25, 0.3) is 10.9 Å². The zero-order chi connectivity index (χ0) is 27.5. The van der Waals surface area contributed by atoms with Crippen LogP contribution in [-0.4, -0.2) is 26.7 Å². The van der Waals surface area contributed by atoms with Crippen molar-refractivity contribution in [3.8, 4) is 0 Å². The molecule has 3 N–H and O–H groups in total. The molecule has 0 saturated carbocycles. The highest BCUT2D eigenvalue weighted by Gasteiger charge is 2.38. The summed E-state index contributed by atoms with van der Waals surface area (Å²) in [6.07, 6.45) is -4.90. The Bertz CT molecular complexity index is 1650. The molecule has 1 aliphatic heterocycles. The van der Waals surface area contributed by atoms with Crippen molar-refractivity contribution in [1.82, 2.24) is 15.1 Å². The van der Waals surface area contributed by atoms with E-state index in [1.807, 2.05) is 0 Å². The number of nitrogens with zero attached hydrogens (tertiary/aromatic N) is 2. The lowest BCUT2D eigenvalue weighted by atomic mass is 9.94. The van der Waals surface area contributed by atoms with Crippen LogP contribution in [0.15, 0.2) is 42.5 Å². The second-order valence-corrected chi connectivity index (χ2v) is 9.00. The molecule has 4 aromatic rings. The van der Waals surface area contributed by atoms with Gasteiger partial charge in [0, 0.05) is 39.8 Å². The van der Waals surface area contributed by atoms with E-state index in [2.05, 4.69) is 15.7 Å². The number of fused-ring (bicyclic) bond motifs is 3. The van der Waals surface area contributed by atoms with Crippen LogP contribution in [0.2, 0.25) is 5.02 Å². The van der Waals surface area contributed by atoms with Crippen LogP contribution in [0.5, 0.6) is 0 Å². The third-order valence-electron chi connectivity index (χ3n) is 6.24. The summed E-state index contributed by atoms with van der Waals surface area (Å²) in [7, 11) is 1.52. The second kappa shape index (κ2) is 9.07. The van der Waals surface area contributed by atoms with Crippen molar-refractivity contribution < 1.29 is 36.6 Å². The molecule has 5 rings (SSSR count). The molecule has 3 aromatic carbocycles. The van der Waals surface area contributed by atoms with Gasteiger partial charge in [-0.2, -0.15) is 18.3 Å². The van der Waals surface area contributed by atoms with Crippen LogP contribution < -0.4 is 10.6 Å². The summed E-state index contributed by atoms with van der Waals surface area (Å²) in [4.78, 5) is 26.2. The number of carbonyl (C=O) groups excluding carboxylic acids is 2. The number of benzene rings is 3. The van der Waals surface area contributed by atoms with Gasteiger partial charge in [-0.05, 0) is 42.5 Å². The van der Waals surface area contributed by atoms with Gasteiger partial charge >= 0.3 is 6.18 Å². The van der Waals surface area contributed by atoms with E-state index in [1.165, 1.54) is 23.9 Å². The van der Waals surface area contributed by atoms with E-state index in [0.717, 1.165) is 12.1 Å². The maximum absolute atomic E-state index is 14.1. The fourth-order valence-corrected chi connectivity index (χ4v) is 4.77. The van der Waals surface area contributed by atoms with Crippen molar-refractivity contribution in [3.05, 3.63) is 92.6 Å². The van der Waals surface area contributed by atoms with Crippen molar-refractivity contribution >= 4 is 40.0 Å². The minimum atomic E-state index is -4.90. The highest BCUT2D eigenvalue weighted by Crippen LogP contribution is 2.43. The van der Waals surface area contributed by atoms with Crippen molar-refractivity contribution in [2.24, 2.45) is 7.05 Å². The molecule has 7 nitrogen and oxygen atoms in total. The van der Waals surface area contributed by atoms with Crippen molar-refractivity contribution in [2.75, 3.05) is 5.32 Å². The zero-order valence-corrected chi connectivity index (χ0v) is 20.0. The summed E-state index contributed by atoms with van der Waals surface area (Å²) in [5.74, 6) is -3.67. The number of nitrogens with one attached hydrogen (secondary N) is 2. The Hall–Kier alpha value is -4.03. The Morgan fingerprint density at radius 1 is 1.16 bits per heavy atom. The maximum Gasteiger partial charge on any atom is 0.416 e. The van der Waals surface area contributed by atoms with E-state index in [0.29, 0.717) is 12.1 Å². The van der Waals surface area contributed by atoms with E-state index < -0.39 is 53.4 Å². The van der Waals surface area contributed by atoms with Crippen molar-refractivity contribution in [3.63, 3.8) is 0 Å². The number of anilines is 1. The lowest BCUT2D eigenvalue weighted by molar-refractivity contribution is -0.137. The molecule has 2 amide bonds. The number of halogens is 6. The van der Waals surface area contributed by atoms with E-state index in [9.17, 15) is 36.6 Å². The van der Waals surface area contributed by atoms with Gasteiger partial charge in [-0.15, -0.1) is 0 Å². The molecule has 1 aliphatic rings. The molecule has 0 aliphatic carbocycles. The average molecular weight is 551 g/mol. The Morgan fingerprint density at radius 2 is 1.89 bits per heavy atom. The topological polar surface area (TPSA) is 96.2 Å². The highest BCUT2D eigenvalue weighted by atomic mass is 35.5. The van der Waals surface area contributed by atoms with E-state index in [4.69, 9.17) is 11.6 Å². The minimum absolute atomic E-state index is 0.00588. The van der Waals surface area contributed by atoms with Gasteiger partial charge in [0.25, 0.3) is 11.8 Å². The van der Waals surface area contributed by atoms with Crippen LogP contribution >= 0.6 is 11.6 Å². The predicted molar refractivity (Wildman–Crippen MR) is 127 cm³/mol. The standard InChI is InChI=1S/C25H16ClF5N4O3/c1-35-18(9-36)15-8-17(32-23(37)10-4-11(25(29,30)31)6-13(28)5-10)19-20(22(15)34-35)24(38)33-21(19)14-7-12(27)2-3-16(14)26/h2-8,21,36H,9H2,1H3,(H,32,37)(H,33,38). The molecule has 0 spiro atoms. The third kappa shape index (κ3) is 4.25. The molecule has 38 heavy (non-hydrogen) atoms. The van der Waals surface area contributed by atoms with E-state index in [1.54, 1.807) is 0 Å². The number of aryl methyl sites for hydroxylation is 1. The summed E-state index contributed by atoms with van der Waals surface area (Å²) in [5.41, 5.74) is -1.33. The largest absolute Gasteiger partial charge is 0.416 e. The number of alkyl halides is 3. The molecule has 0 bridgehead atoms. The first kappa shape index (κ1) is 25.6. The van der Waals surface area contributed by atoms with Gasteiger partial charge in [-0.1, -0.05) is 11.6 Å². The van der Waals surface area contributed by atoms with Crippen molar-refractivity contribution in [2.45, 2.75) is 18.8 Å². The van der Waals surface area contributed by atoms with Crippen LogP contribution in [0.4, 0.5) is 27.6 Å². The minimum Gasteiger partial charge on any atom is -0.390 e. The van der Waals surface area contributed by atoms with Gasteiger partial charge in [0.15, 0.2) is 0 Å². The second-order valence-electron chi connectivity index (χ2n) is 8.59. The Morgan fingerprint density at radius 3 is 2.58 bits per heavy atom. The number of aromatic nitrogens is 2. The summed E-state index contributed by atoms with van der Waals surface area (Å²) < 4.78 is 69.1. The molecule has 0 fully saturated rings. The molecule has 0 radical (unpaired) electrons. The highest BCUT2D eigenvalue weighted by molar-refractivity contribution is 6.31. The Balaban J connectivity index is 1.71. The molecule has 196 valence electrons. The molecular formula is C25H16ClF5N4O3. The Kier molecular flexibility index (Phi) is 6.11. The number of hydrogen-bond acceptors (Lipinski definition) is 4. The van der Waals surface area contributed by atoms with Gasteiger partial charge in [-0.25, -0.2) is 8.78 Å². The third-order valence-corrected chi connectivity index (χ3v) is 6.58. The number of amides is 2. The summed E-state index contributed by atoms with van der Waals surface area (Å²) in [5, 5.41) is 19.7. The fourth-order valence-electron chi connectivity index (χ4n) is 4.54. The zero-order valence-electron chi connectivity index (χ0n) is 19.3. The van der Waals surface area contributed by atoms with Crippen LogP contribution in [0.3, 0.4) is 0 Å². The quantitative estimate of drug-likeness (QED) is 0.308. The normalized spacial score (nSPS) is 15.1. The number of hydrogen-bond donors (Lipinski definition) is 3. The van der Waals surface area contributed by atoms with E-state index >= 15 is 0 Å². The number of aliphatic hydroxyl groups excluding tert-OH is 1. The van der Waals surface area contributed by atoms with Gasteiger partial charge in [-0.3, -0.25) is 14.3 Å². The van der Waals surface area contributed by atoms with E-state index in [-0.39, 0.29) is 50.1 Å². The SMILES string of the molecule is Cn1nc2c3c(c(NC(=O)c4cc(F)cc(C(F)(F)F)c4)cc2c1CO)C(c1cc(F)ccc1Cl)NC3=O. The van der Waals surface area contributed by atoms with Crippen molar-refractivity contribution in [1.29, 1.82) is 0 Å². The monoisotopic (exact) mass is 550 g/mol.